The highest BCUT2D eigenvalue weighted by Gasteiger charge is 1.95. The van der Waals surface area contributed by atoms with E-state index >= 15 is 0 Å². The van der Waals surface area contributed by atoms with Gasteiger partial charge >= 0.3 is 0 Å². The Kier molecular flexibility index (Phi) is 9.53. The molecule has 0 atom stereocenters. The van der Waals surface area contributed by atoms with Gasteiger partial charge in [-0.3, -0.25) is 0 Å². The molecule has 0 bridgehead atoms. The molecule has 4 aromatic carbocycles. The van der Waals surface area contributed by atoms with E-state index in [9.17, 15) is 5.11 Å². The first-order valence-electron chi connectivity index (χ1n) is 10.1. The zero-order valence-electron chi connectivity index (χ0n) is 17.5. The summed E-state index contributed by atoms with van der Waals surface area (Å²) in [5, 5.41) is 13.8. The molecule has 4 aromatic rings. The fourth-order valence-electron chi connectivity index (χ4n) is 2.84. The van der Waals surface area contributed by atoms with E-state index in [1.807, 2.05) is 75.4 Å². The predicted molar refractivity (Wildman–Crippen MR) is 123 cm³/mol. The van der Waals surface area contributed by atoms with Gasteiger partial charge in [-0.15, -0.1) is 0 Å². The maximum atomic E-state index is 9.37. The van der Waals surface area contributed by atoms with Gasteiger partial charge in [0.1, 0.15) is 11.5 Å². The van der Waals surface area contributed by atoms with Crippen LogP contribution in [0.2, 0.25) is 0 Å². The summed E-state index contributed by atoms with van der Waals surface area (Å²) in [5.41, 5.74) is 0. The highest BCUT2D eigenvalue weighted by Crippen LogP contribution is 2.23. The maximum absolute atomic E-state index is 9.37. The second kappa shape index (κ2) is 12.4. The summed E-state index contributed by atoms with van der Waals surface area (Å²) in [5.74, 6) is 1.30. The minimum atomic E-state index is 0.350. The summed E-state index contributed by atoms with van der Waals surface area (Å²) < 4.78 is 10.2. The van der Waals surface area contributed by atoms with Crippen LogP contribution in [0.3, 0.4) is 0 Å². The smallest absolute Gasteiger partial charge is 0.123 e. The molecule has 152 valence electrons. The lowest BCUT2D eigenvalue weighted by atomic mass is 10.1. The monoisotopic (exact) mass is 390 g/mol. The van der Waals surface area contributed by atoms with Crippen molar-refractivity contribution < 1.29 is 14.6 Å². The van der Waals surface area contributed by atoms with Gasteiger partial charge in [0.05, 0.1) is 6.61 Å². The number of hydrogen-bond acceptors (Lipinski definition) is 3. The van der Waals surface area contributed by atoms with E-state index in [0.717, 1.165) is 36.3 Å². The van der Waals surface area contributed by atoms with Crippen molar-refractivity contribution >= 4 is 21.5 Å². The summed E-state index contributed by atoms with van der Waals surface area (Å²) in [6, 6.07) is 27.7. The Morgan fingerprint density at radius 2 is 1.24 bits per heavy atom. The number of ether oxygens (including phenoxy) is 2. The molecule has 0 amide bonds. The maximum Gasteiger partial charge on any atom is 0.123 e. The first kappa shape index (κ1) is 22.3. The van der Waals surface area contributed by atoms with Crippen LogP contribution in [0.5, 0.6) is 11.5 Å². The molecule has 0 aliphatic rings. The molecule has 0 saturated heterocycles. The van der Waals surface area contributed by atoms with Gasteiger partial charge in [0, 0.05) is 18.6 Å². The average molecular weight is 391 g/mol. The molecule has 0 aromatic heterocycles. The highest BCUT2D eigenvalue weighted by molar-refractivity contribution is 5.87. The molecule has 0 aliphatic heterocycles. The molecular weight excluding hydrogens is 360 g/mol. The van der Waals surface area contributed by atoms with Gasteiger partial charge in [0.2, 0.25) is 0 Å². The highest BCUT2D eigenvalue weighted by atomic mass is 16.5. The number of aromatic hydroxyl groups is 1. The Bertz CT molecular complexity index is 988. The third-order valence-corrected chi connectivity index (χ3v) is 4.21. The molecule has 1 N–H and O–H groups in total. The van der Waals surface area contributed by atoms with E-state index in [-0.39, 0.29) is 0 Å². The molecule has 29 heavy (non-hydrogen) atoms. The second-order valence-corrected chi connectivity index (χ2v) is 6.22. The van der Waals surface area contributed by atoms with Crippen molar-refractivity contribution in [3.63, 3.8) is 0 Å². The summed E-state index contributed by atoms with van der Waals surface area (Å²) in [7, 11) is 0. The lowest BCUT2D eigenvalue weighted by molar-refractivity contribution is 0.162. The second-order valence-electron chi connectivity index (χ2n) is 6.22. The lowest BCUT2D eigenvalue weighted by Crippen LogP contribution is -1.90. The van der Waals surface area contributed by atoms with E-state index < -0.39 is 0 Å². The number of hydrogen-bond donors (Lipinski definition) is 1. The first-order valence-corrected chi connectivity index (χ1v) is 10.1. The van der Waals surface area contributed by atoms with Crippen molar-refractivity contribution in [2.75, 3.05) is 19.8 Å². The normalized spacial score (nSPS) is 9.90. The van der Waals surface area contributed by atoms with Crippen LogP contribution in [-0.4, -0.2) is 24.9 Å². The Labute approximate surface area is 173 Å². The van der Waals surface area contributed by atoms with E-state index in [2.05, 4.69) is 24.3 Å². The molecule has 0 saturated carbocycles. The molecule has 0 aliphatic carbocycles. The van der Waals surface area contributed by atoms with Gasteiger partial charge in [0.25, 0.3) is 0 Å². The molecule has 3 nitrogen and oxygen atoms in total. The zero-order chi connectivity index (χ0) is 20.9. The van der Waals surface area contributed by atoms with E-state index in [1.165, 1.54) is 10.8 Å². The van der Waals surface area contributed by atoms with Gasteiger partial charge < -0.3 is 14.6 Å². The van der Waals surface area contributed by atoms with Gasteiger partial charge in [-0.05, 0) is 55.1 Å². The molecule has 4 rings (SSSR count). The average Bonchev–Trinajstić information content (AvgIpc) is 2.76. The predicted octanol–water partition coefficient (Wildman–Crippen LogP) is 6.83. The molecule has 0 fully saturated rings. The zero-order valence-corrected chi connectivity index (χ0v) is 17.5. The van der Waals surface area contributed by atoms with Crippen LogP contribution in [0, 0.1) is 0 Å². The Morgan fingerprint density at radius 1 is 0.621 bits per heavy atom. The van der Waals surface area contributed by atoms with Crippen molar-refractivity contribution in [3.05, 3.63) is 84.9 Å². The van der Waals surface area contributed by atoms with Crippen molar-refractivity contribution in [1.82, 2.24) is 0 Å². The number of benzene rings is 4. The third kappa shape index (κ3) is 7.13. The number of rotatable bonds is 4. The Hall–Kier alpha value is -3.04. The van der Waals surface area contributed by atoms with E-state index in [0.29, 0.717) is 5.75 Å². The van der Waals surface area contributed by atoms with Crippen molar-refractivity contribution in [3.8, 4) is 11.5 Å². The summed E-state index contributed by atoms with van der Waals surface area (Å²) in [4.78, 5) is 0. The minimum absolute atomic E-state index is 0.350. The van der Waals surface area contributed by atoms with Crippen LogP contribution in [-0.2, 0) is 4.74 Å². The van der Waals surface area contributed by atoms with E-state index in [4.69, 9.17) is 9.47 Å². The number of phenolic OH excluding ortho intramolecular Hbond substituents is 1. The summed E-state index contributed by atoms with van der Waals surface area (Å²) in [6.45, 7) is 8.38. The topological polar surface area (TPSA) is 38.7 Å². The van der Waals surface area contributed by atoms with Gasteiger partial charge in [-0.2, -0.15) is 0 Å². The number of phenols is 1. The van der Waals surface area contributed by atoms with Crippen LogP contribution < -0.4 is 4.74 Å². The molecule has 3 heteroatoms. The fourth-order valence-corrected chi connectivity index (χ4v) is 2.84. The van der Waals surface area contributed by atoms with Crippen molar-refractivity contribution in [2.45, 2.75) is 20.8 Å². The van der Waals surface area contributed by atoms with Gasteiger partial charge in [-0.1, -0.05) is 66.7 Å². The van der Waals surface area contributed by atoms with Crippen LogP contribution in [0.4, 0.5) is 0 Å². The molecule has 0 heterocycles. The standard InChI is InChI=1S/C12H12O.C10H8O.C4H10O/c1-2-13-12-8-7-10-5-3-4-6-11(10)9-12;11-10-7-3-5-8-4-1-2-6-9(8)10;1-3-5-4-2/h3-9H,2H2,1H3;1-7,11H;3-4H2,1-2H3. The minimum Gasteiger partial charge on any atom is -0.507 e. The quantitative estimate of drug-likeness (QED) is 0.415. The van der Waals surface area contributed by atoms with Crippen molar-refractivity contribution in [2.24, 2.45) is 0 Å². The SMILES string of the molecule is CCOCC.CCOc1ccc2ccccc2c1.Oc1cccc2ccccc12. The summed E-state index contributed by atoms with van der Waals surface area (Å²) >= 11 is 0. The van der Waals surface area contributed by atoms with Gasteiger partial charge in [0.15, 0.2) is 0 Å². The largest absolute Gasteiger partial charge is 0.507 e. The van der Waals surface area contributed by atoms with Crippen LogP contribution in [0.1, 0.15) is 20.8 Å². The number of fused-ring (bicyclic) bond motifs is 2. The molecule has 0 unspecified atom stereocenters. The van der Waals surface area contributed by atoms with Gasteiger partial charge in [-0.25, -0.2) is 0 Å². The Morgan fingerprint density at radius 3 is 1.86 bits per heavy atom. The molecular formula is C26H30O3. The summed E-state index contributed by atoms with van der Waals surface area (Å²) in [6.07, 6.45) is 0. The fraction of sp³-hybridized carbons (Fsp3) is 0.231. The third-order valence-electron chi connectivity index (χ3n) is 4.21. The van der Waals surface area contributed by atoms with Crippen LogP contribution in [0.25, 0.3) is 21.5 Å². The lowest BCUT2D eigenvalue weighted by Gasteiger charge is -2.03. The van der Waals surface area contributed by atoms with E-state index in [1.54, 1.807) is 6.07 Å². The van der Waals surface area contributed by atoms with Crippen LogP contribution >= 0.6 is 0 Å². The molecule has 0 spiro atoms. The molecule has 0 radical (unpaired) electrons. The first-order chi connectivity index (χ1) is 14.2. The van der Waals surface area contributed by atoms with Crippen molar-refractivity contribution in [1.29, 1.82) is 0 Å². The van der Waals surface area contributed by atoms with Crippen LogP contribution in [0.15, 0.2) is 84.9 Å². The Balaban J connectivity index is 0.000000171.